The average Bonchev–Trinajstić information content (AvgIpc) is 3.15. The number of benzene rings is 2. The number of carbonyl (C=O) groups is 2. The first kappa shape index (κ1) is 22.0. The summed E-state index contributed by atoms with van der Waals surface area (Å²) in [6.07, 6.45) is 1.82. The van der Waals surface area contributed by atoms with Crippen molar-refractivity contribution in [3.8, 4) is 11.4 Å². The normalized spacial score (nSPS) is 14.5. The lowest BCUT2D eigenvalue weighted by Gasteiger charge is -2.22. The molecule has 1 aliphatic rings. The van der Waals surface area contributed by atoms with Crippen LogP contribution in [-0.4, -0.2) is 41.1 Å². The Morgan fingerprint density at radius 3 is 2.66 bits per heavy atom. The molecule has 0 atom stereocenters. The molecule has 8 heteroatoms. The SMILES string of the molecule is CCn1c(-c2ccccc2F)nc2cc(NC(C)=O)cc(C(=O)NCC3CCOCC3)c21. The zero-order chi connectivity index (χ0) is 22.7. The van der Waals surface area contributed by atoms with Crippen LogP contribution in [0.3, 0.4) is 0 Å². The number of ether oxygens (including phenoxy) is 1. The molecule has 32 heavy (non-hydrogen) atoms. The van der Waals surface area contributed by atoms with Crippen molar-refractivity contribution in [2.75, 3.05) is 25.1 Å². The van der Waals surface area contributed by atoms with Crippen LogP contribution in [-0.2, 0) is 16.1 Å². The highest BCUT2D eigenvalue weighted by molar-refractivity contribution is 6.08. The Bertz CT molecular complexity index is 1150. The Morgan fingerprint density at radius 2 is 1.97 bits per heavy atom. The van der Waals surface area contributed by atoms with E-state index in [9.17, 15) is 14.0 Å². The van der Waals surface area contributed by atoms with E-state index in [4.69, 9.17) is 4.74 Å². The molecule has 1 aromatic heterocycles. The van der Waals surface area contributed by atoms with Crippen LogP contribution in [0.4, 0.5) is 10.1 Å². The molecule has 2 amide bonds. The lowest BCUT2D eigenvalue weighted by Crippen LogP contribution is -2.32. The largest absolute Gasteiger partial charge is 0.381 e. The van der Waals surface area contributed by atoms with Crippen molar-refractivity contribution in [1.29, 1.82) is 0 Å². The number of fused-ring (bicyclic) bond motifs is 1. The van der Waals surface area contributed by atoms with Gasteiger partial charge in [-0.2, -0.15) is 0 Å². The molecule has 2 aromatic carbocycles. The Hall–Kier alpha value is -3.26. The van der Waals surface area contributed by atoms with Crippen molar-refractivity contribution in [2.45, 2.75) is 33.2 Å². The number of imidazole rings is 1. The fourth-order valence-corrected chi connectivity index (χ4v) is 4.16. The van der Waals surface area contributed by atoms with E-state index in [1.165, 1.54) is 13.0 Å². The molecule has 7 nitrogen and oxygen atoms in total. The van der Waals surface area contributed by atoms with Crippen LogP contribution in [0.25, 0.3) is 22.4 Å². The van der Waals surface area contributed by atoms with Crippen LogP contribution >= 0.6 is 0 Å². The van der Waals surface area contributed by atoms with Crippen molar-refractivity contribution >= 4 is 28.5 Å². The third-order valence-corrected chi connectivity index (χ3v) is 5.73. The Morgan fingerprint density at radius 1 is 1.22 bits per heavy atom. The van der Waals surface area contributed by atoms with E-state index < -0.39 is 0 Å². The van der Waals surface area contributed by atoms with E-state index in [2.05, 4.69) is 15.6 Å². The molecule has 2 heterocycles. The summed E-state index contributed by atoms with van der Waals surface area (Å²) < 4.78 is 21.8. The molecule has 2 N–H and O–H groups in total. The third kappa shape index (κ3) is 4.50. The maximum Gasteiger partial charge on any atom is 0.253 e. The monoisotopic (exact) mass is 438 g/mol. The number of aromatic nitrogens is 2. The summed E-state index contributed by atoms with van der Waals surface area (Å²) in [6, 6.07) is 9.80. The van der Waals surface area contributed by atoms with Gasteiger partial charge in [0.25, 0.3) is 5.91 Å². The van der Waals surface area contributed by atoms with Gasteiger partial charge >= 0.3 is 0 Å². The second-order valence-electron chi connectivity index (χ2n) is 8.00. The number of anilines is 1. The molecule has 4 rings (SSSR count). The van der Waals surface area contributed by atoms with Crippen molar-refractivity contribution in [1.82, 2.24) is 14.9 Å². The number of hydrogen-bond acceptors (Lipinski definition) is 4. The van der Waals surface area contributed by atoms with Gasteiger partial charge in [-0.15, -0.1) is 0 Å². The van der Waals surface area contributed by atoms with Crippen molar-refractivity contribution in [2.24, 2.45) is 5.92 Å². The molecule has 0 unspecified atom stereocenters. The topological polar surface area (TPSA) is 85.2 Å². The van der Waals surface area contributed by atoms with Crippen molar-refractivity contribution < 1.29 is 18.7 Å². The smallest absolute Gasteiger partial charge is 0.253 e. The van der Waals surface area contributed by atoms with E-state index in [0.717, 1.165) is 12.8 Å². The number of carbonyl (C=O) groups excluding carboxylic acids is 2. The highest BCUT2D eigenvalue weighted by Gasteiger charge is 2.22. The predicted octanol–water partition coefficient (Wildman–Crippen LogP) is 3.98. The van der Waals surface area contributed by atoms with Crippen LogP contribution in [0, 0.1) is 11.7 Å². The summed E-state index contributed by atoms with van der Waals surface area (Å²) in [5, 5.41) is 5.77. The maximum atomic E-state index is 14.6. The average molecular weight is 439 g/mol. The number of nitrogens with zero attached hydrogens (tertiary/aromatic N) is 2. The van der Waals surface area contributed by atoms with Crippen LogP contribution in [0.5, 0.6) is 0 Å². The second-order valence-corrected chi connectivity index (χ2v) is 8.00. The molecule has 0 radical (unpaired) electrons. The van der Waals surface area contributed by atoms with Gasteiger partial charge in [0.1, 0.15) is 11.6 Å². The zero-order valence-corrected chi connectivity index (χ0v) is 18.3. The van der Waals surface area contributed by atoms with Crippen molar-refractivity contribution in [3.63, 3.8) is 0 Å². The molecule has 0 spiro atoms. The van der Waals surface area contributed by atoms with Gasteiger partial charge < -0.3 is 19.9 Å². The first-order valence-corrected chi connectivity index (χ1v) is 10.9. The van der Waals surface area contributed by atoms with Gasteiger partial charge in [0, 0.05) is 38.9 Å². The van der Waals surface area contributed by atoms with E-state index in [1.54, 1.807) is 30.3 Å². The van der Waals surface area contributed by atoms with E-state index in [-0.39, 0.29) is 17.6 Å². The standard InChI is InChI=1S/C24H27FN4O3/c1-3-29-22-19(24(31)26-14-16-8-10-32-11-9-16)12-17(27-15(2)30)13-21(22)28-23(29)18-6-4-5-7-20(18)25/h4-7,12-13,16H,3,8-11,14H2,1-2H3,(H,26,31)(H,27,30). The van der Waals surface area contributed by atoms with Gasteiger partial charge in [0.05, 0.1) is 22.2 Å². The summed E-state index contributed by atoms with van der Waals surface area (Å²) in [5.41, 5.74) is 2.37. The van der Waals surface area contributed by atoms with Crippen LogP contribution in [0.1, 0.15) is 37.0 Å². The third-order valence-electron chi connectivity index (χ3n) is 5.73. The molecule has 0 aliphatic carbocycles. The summed E-state index contributed by atoms with van der Waals surface area (Å²) in [7, 11) is 0. The molecule has 3 aromatic rings. The van der Waals surface area contributed by atoms with Gasteiger partial charge in [-0.05, 0) is 49.9 Å². The number of rotatable bonds is 6. The van der Waals surface area contributed by atoms with E-state index in [1.807, 2.05) is 11.5 Å². The highest BCUT2D eigenvalue weighted by atomic mass is 19.1. The lowest BCUT2D eigenvalue weighted by molar-refractivity contribution is -0.114. The van der Waals surface area contributed by atoms with Crippen LogP contribution in [0.2, 0.25) is 0 Å². The molecule has 1 saturated heterocycles. The first-order chi connectivity index (χ1) is 15.5. The predicted molar refractivity (Wildman–Crippen MR) is 121 cm³/mol. The van der Waals surface area contributed by atoms with E-state index in [0.29, 0.717) is 65.9 Å². The Labute approximate surface area is 186 Å². The van der Waals surface area contributed by atoms with Crippen LogP contribution in [0.15, 0.2) is 36.4 Å². The summed E-state index contributed by atoms with van der Waals surface area (Å²) in [4.78, 5) is 29.6. The molecule has 1 aliphatic heterocycles. The van der Waals surface area contributed by atoms with Gasteiger partial charge in [0.2, 0.25) is 5.91 Å². The quantitative estimate of drug-likeness (QED) is 0.610. The van der Waals surface area contributed by atoms with Crippen molar-refractivity contribution in [3.05, 3.63) is 47.8 Å². The Balaban J connectivity index is 1.79. The van der Waals surface area contributed by atoms with Crippen LogP contribution < -0.4 is 10.6 Å². The highest BCUT2D eigenvalue weighted by Crippen LogP contribution is 2.31. The fourth-order valence-electron chi connectivity index (χ4n) is 4.16. The minimum atomic E-state index is -0.384. The number of hydrogen-bond donors (Lipinski definition) is 2. The van der Waals surface area contributed by atoms with Gasteiger partial charge in [0.15, 0.2) is 0 Å². The van der Waals surface area contributed by atoms with E-state index >= 15 is 0 Å². The minimum Gasteiger partial charge on any atom is -0.381 e. The summed E-state index contributed by atoms with van der Waals surface area (Å²) in [6.45, 7) is 5.80. The fraction of sp³-hybridized carbons (Fsp3) is 0.375. The first-order valence-electron chi connectivity index (χ1n) is 10.9. The maximum absolute atomic E-state index is 14.6. The molecule has 0 saturated carbocycles. The second kappa shape index (κ2) is 9.48. The molecule has 0 bridgehead atoms. The minimum absolute atomic E-state index is 0.247. The molecular weight excluding hydrogens is 411 g/mol. The molecule has 1 fully saturated rings. The van der Waals surface area contributed by atoms with Gasteiger partial charge in [-0.1, -0.05) is 12.1 Å². The number of halogens is 1. The number of amides is 2. The molecular formula is C24H27FN4O3. The summed E-state index contributed by atoms with van der Waals surface area (Å²) in [5.74, 6) is -0.0681. The van der Waals surface area contributed by atoms with Gasteiger partial charge in [-0.25, -0.2) is 9.37 Å². The van der Waals surface area contributed by atoms with Gasteiger partial charge in [-0.3, -0.25) is 9.59 Å². The zero-order valence-electron chi connectivity index (χ0n) is 18.3. The summed E-state index contributed by atoms with van der Waals surface area (Å²) >= 11 is 0. The Kier molecular flexibility index (Phi) is 6.50. The number of nitrogens with one attached hydrogen (secondary N) is 2. The number of aryl methyl sites for hydroxylation is 1. The lowest BCUT2D eigenvalue weighted by atomic mass is 10.0. The molecule has 168 valence electrons.